The maximum atomic E-state index is 13.7. The van der Waals surface area contributed by atoms with E-state index in [1.165, 1.54) is 17.0 Å². The molecule has 1 aliphatic heterocycles. The number of halogens is 4. The van der Waals surface area contributed by atoms with Crippen molar-refractivity contribution in [3.63, 3.8) is 0 Å². The van der Waals surface area contributed by atoms with E-state index in [1.54, 1.807) is 0 Å². The average Bonchev–Trinajstić information content (AvgIpc) is 2.37. The Hall–Kier alpha value is -1.85. The highest BCUT2D eigenvalue weighted by molar-refractivity contribution is 5.76. The zero-order chi connectivity index (χ0) is 14.0. The lowest BCUT2D eigenvalue weighted by Crippen LogP contribution is -2.32. The number of carbonyl (C=O) groups excluding carboxylic acids is 1. The predicted octanol–water partition coefficient (Wildman–Crippen LogP) is 3.34. The molecule has 1 aromatic carbocycles. The number of benzene rings is 1. The van der Waals surface area contributed by atoms with E-state index in [-0.39, 0.29) is 30.8 Å². The lowest BCUT2D eigenvalue weighted by molar-refractivity contribution is -0.0944. The van der Waals surface area contributed by atoms with Gasteiger partial charge in [0.25, 0.3) is 0 Å². The Morgan fingerprint density at radius 3 is 2.47 bits per heavy atom. The third kappa shape index (κ3) is 2.94. The van der Waals surface area contributed by atoms with Gasteiger partial charge >= 0.3 is 6.18 Å². The largest absolute Gasteiger partial charge is 0.412 e. The fourth-order valence-electron chi connectivity index (χ4n) is 2.00. The fraction of sp³-hybridized carbons (Fsp3) is 0.308. The molecule has 1 aliphatic rings. The van der Waals surface area contributed by atoms with Gasteiger partial charge in [-0.05, 0) is 24.6 Å². The van der Waals surface area contributed by atoms with Gasteiger partial charge in [0.05, 0.1) is 5.69 Å². The molecule has 1 heterocycles. The summed E-state index contributed by atoms with van der Waals surface area (Å²) in [6, 6.07) is 3.92. The highest BCUT2D eigenvalue weighted by Gasteiger charge is 2.35. The molecule has 2 rings (SSSR count). The number of hydrogen-bond acceptors (Lipinski definition) is 2. The number of alkyl halides is 3. The first-order valence-electron chi connectivity index (χ1n) is 5.67. The van der Waals surface area contributed by atoms with Crippen molar-refractivity contribution in [2.24, 2.45) is 0 Å². The Morgan fingerprint density at radius 1 is 1.26 bits per heavy atom. The van der Waals surface area contributed by atoms with E-state index in [2.05, 4.69) is 0 Å². The van der Waals surface area contributed by atoms with Crippen LogP contribution in [0.4, 0.5) is 23.2 Å². The van der Waals surface area contributed by atoms with Crippen molar-refractivity contribution in [1.82, 2.24) is 0 Å². The highest BCUT2D eigenvalue weighted by atomic mass is 19.4. The third-order valence-corrected chi connectivity index (χ3v) is 3.02. The number of anilines is 1. The Balaban J connectivity index is 2.18. The first-order chi connectivity index (χ1) is 8.91. The second kappa shape index (κ2) is 5.03. The molecule has 0 atom stereocenters. The number of rotatable bonds is 2. The van der Waals surface area contributed by atoms with Gasteiger partial charge in [0.15, 0.2) is 0 Å². The maximum Gasteiger partial charge on any atom is 0.412 e. The molecule has 0 bridgehead atoms. The summed E-state index contributed by atoms with van der Waals surface area (Å²) in [4.78, 5) is 12.0. The van der Waals surface area contributed by atoms with Gasteiger partial charge in [-0.1, -0.05) is 6.08 Å². The van der Waals surface area contributed by atoms with E-state index in [1.807, 2.05) is 0 Å². The number of carbonyl (C=O) groups is 1. The van der Waals surface area contributed by atoms with Crippen LogP contribution in [0.15, 0.2) is 29.8 Å². The highest BCUT2D eigenvalue weighted by Crippen LogP contribution is 2.32. The average molecular weight is 273 g/mol. The summed E-state index contributed by atoms with van der Waals surface area (Å²) in [5, 5.41) is 0. The van der Waals surface area contributed by atoms with Crippen LogP contribution in [0.2, 0.25) is 0 Å². The molecule has 0 saturated carbocycles. The second-order valence-electron chi connectivity index (χ2n) is 4.25. The lowest BCUT2D eigenvalue weighted by atomic mass is 10.1. The topological polar surface area (TPSA) is 20.3 Å². The van der Waals surface area contributed by atoms with Crippen molar-refractivity contribution in [3.8, 4) is 0 Å². The molecule has 6 heteroatoms. The zero-order valence-electron chi connectivity index (χ0n) is 9.88. The smallest absolute Gasteiger partial charge is 0.365 e. The summed E-state index contributed by atoms with van der Waals surface area (Å²) in [6.45, 7) is 0.106. The zero-order valence-corrected chi connectivity index (χ0v) is 9.88. The minimum atomic E-state index is -4.31. The van der Waals surface area contributed by atoms with Crippen molar-refractivity contribution in [1.29, 1.82) is 0 Å². The van der Waals surface area contributed by atoms with Crippen LogP contribution >= 0.6 is 0 Å². The van der Waals surface area contributed by atoms with Crippen LogP contribution in [0.5, 0.6) is 0 Å². The molecule has 0 saturated heterocycles. The molecule has 19 heavy (non-hydrogen) atoms. The Morgan fingerprint density at radius 2 is 2.00 bits per heavy atom. The van der Waals surface area contributed by atoms with Crippen LogP contribution in [0.3, 0.4) is 0 Å². The summed E-state index contributed by atoms with van der Waals surface area (Å²) < 4.78 is 51.1. The van der Waals surface area contributed by atoms with E-state index in [9.17, 15) is 22.4 Å². The molecule has 0 radical (unpaired) electrons. The molecule has 2 nitrogen and oxygen atoms in total. The Labute approximate surface area is 107 Å². The summed E-state index contributed by atoms with van der Waals surface area (Å²) in [7, 11) is 0. The molecule has 0 N–H and O–H groups in total. The van der Waals surface area contributed by atoms with Gasteiger partial charge in [0.1, 0.15) is 12.1 Å². The van der Waals surface area contributed by atoms with Crippen molar-refractivity contribution >= 4 is 12.0 Å². The van der Waals surface area contributed by atoms with Gasteiger partial charge < -0.3 is 4.90 Å². The molecule has 0 aromatic heterocycles. The maximum absolute atomic E-state index is 13.7. The summed E-state index contributed by atoms with van der Waals surface area (Å²) in [5.74, 6) is -0.603. The van der Waals surface area contributed by atoms with E-state index < -0.39 is 17.6 Å². The molecule has 102 valence electrons. The summed E-state index contributed by atoms with van der Waals surface area (Å²) in [5.41, 5.74) is -0.165. The van der Waals surface area contributed by atoms with E-state index in [0.29, 0.717) is 6.29 Å². The van der Waals surface area contributed by atoms with E-state index in [4.69, 9.17) is 0 Å². The minimum absolute atomic E-state index is 0.00615. The van der Waals surface area contributed by atoms with Crippen LogP contribution in [-0.4, -0.2) is 25.6 Å². The van der Waals surface area contributed by atoms with Gasteiger partial charge in [-0.2, -0.15) is 13.2 Å². The van der Waals surface area contributed by atoms with Gasteiger partial charge in [0, 0.05) is 24.2 Å². The van der Waals surface area contributed by atoms with Crippen molar-refractivity contribution in [3.05, 3.63) is 41.2 Å². The van der Waals surface area contributed by atoms with Crippen LogP contribution in [0.1, 0.15) is 16.8 Å². The molecular formula is C13H11F4NO. The molecule has 0 fully saturated rings. The standard InChI is InChI=1S/C13H11F4NO/c14-11-7-9(8-19)1-2-12(11)18-5-3-10(4-6-18)13(15,16)17/h1-3,7-8H,4-6H2. The summed E-state index contributed by atoms with van der Waals surface area (Å²) >= 11 is 0. The molecule has 0 unspecified atom stereocenters. The molecule has 1 aromatic rings. The second-order valence-corrected chi connectivity index (χ2v) is 4.25. The van der Waals surface area contributed by atoms with Gasteiger partial charge in [-0.3, -0.25) is 4.79 Å². The first kappa shape index (κ1) is 13.6. The summed E-state index contributed by atoms with van der Waals surface area (Å²) in [6.07, 6.45) is -2.90. The number of nitrogens with zero attached hydrogens (tertiary/aromatic N) is 1. The normalized spacial score (nSPS) is 16.2. The van der Waals surface area contributed by atoms with Crippen molar-refractivity contribution < 1.29 is 22.4 Å². The third-order valence-electron chi connectivity index (χ3n) is 3.02. The molecule has 0 amide bonds. The van der Waals surface area contributed by atoms with Gasteiger partial charge in [-0.15, -0.1) is 0 Å². The quantitative estimate of drug-likeness (QED) is 0.468. The van der Waals surface area contributed by atoms with Crippen LogP contribution in [0, 0.1) is 5.82 Å². The first-order valence-corrected chi connectivity index (χ1v) is 5.67. The van der Waals surface area contributed by atoms with Crippen molar-refractivity contribution in [2.45, 2.75) is 12.6 Å². The van der Waals surface area contributed by atoms with Crippen LogP contribution in [0.25, 0.3) is 0 Å². The fourth-order valence-corrected chi connectivity index (χ4v) is 2.00. The Bertz CT molecular complexity index is 522. The van der Waals surface area contributed by atoms with Crippen molar-refractivity contribution in [2.75, 3.05) is 18.0 Å². The van der Waals surface area contributed by atoms with Crippen LogP contribution in [-0.2, 0) is 0 Å². The minimum Gasteiger partial charge on any atom is -0.365 e. The number of aldehydes is 1. The van der Waals surface area contributed by atoms with Crippen LogP contribution < -0.4 is 4.90 Å². The van der Waals surface area contributed by atoms with E-state index in [0.717, 1.165) is 12.1 Å². The Kier molecular flexibility index (Phi) is 3.59. The molecular weight excluding hydrogens is 262 g/mol. The van der Waals surface area contributed by atoms with Gasteiger partial charge in [0.2, 0.25) is 0 Å². The van der Waals surface area contributed by atoms with E-state index >= 15 is 0 Å². The monoisotopic (exact) mass is 273 g/mol. The SMILES string of the molecule is O=Cc1ccc(N2CC=C(C(F)(F)F)CC2)c(F)c1. The van der Waals surface area contributed by atoms with Gasteiger partial charge in [-0.25, -0.2) is 4.39 Å². The number of hydrogen-bond donors (Lipinski definition) is 0. The molecule has 0 aliphatic carbocycles. The predicted molar refractivity (Wildman–Crippen MR) is 62.8 cm³/mol. The molecule has 0 spiro atoms. The lowest BCUT2D eigenvalue weighted by Gasteiger charge is -2.29.